The number of fused-ring (bicyclic) bond motifs is 1. The van der Waals surface area contributed by atoms with Crippen molar-refractivity contribution in [3.8, 4) is 0 Å². The molecule has 4 aromatic rings. The number of nitro groups is 1. The summed E-state index contributed by atoms with van der Waals surface area (Å²) in [7, 11) is 0. The van der Waals surface area contributed by atoms with Crippen LogP contribution in [0.3, 0.4) is 0 Å². The van der Waals surface area contributed by atoms with E-state index in [0.717, 1.165) is 0 Å². The van der Waals surface area contributed by atoms with Gasteiger partial charge in [0.05, 0.1) is 28.7 Å². The maximum absolute atomic E-state index is 13.8. The second-order valence-corrected chi connectivity index (χ2v) is 9.46. The standard InChI is InChI=1S/C30H28FN3O6/c1-3-20(2)33(30(37)22-7-6-8-25(15-22)34(38)39)18-28(35)32(16-21-11-13-24(31)14-12-21)17-23-19-40-27-10-5-4-9-26(27)29(23)36/h4-15,19-20H,3,16-18H2,1-2H3. The van der Waals surface area contributed by atoms with Crippen LogP contribution < -0.4 is 5.43 Å². The Bertz CT molecular complexity index is 1600. The summed E-state index contributed by atoms with van der Waals surface area (Å²) in [4.78, 5) is 53.8. The molecule has 1 unspecified atom stereocenters. The molecular formula is C30H28FN3O6. The van der Waals surface area contributed by atoms with Gasteiger partial charge in [-0.25, -0.2) is 4.39 Å². The van der Waals surface area contributed by atoms with Crippen LogP contribution in [0.2, 0.25) is 0 Å². The maximum Gasteiger partial charge on any atom is 0.270 e. The lowest BCUT2D eigenvalue weighted by molar-refractivity contribution is -0.384. The molecule has 9 nitrogen and oxygen atoms in total. The molecule has 10 heteroatoms. The molecule has 1 atom stereocenters. The van der Waals surface area contributed by atoms with Crippen LogP contribution in [0.25, 0.3) is 11.0 Å². The quantitative estimate of drug-likeness (QED) is 0.197. The lowest BCUT2D eigenvalue weighted by atomic mass is 10.1. The van der Waals surface area contributed by atoms with E-state index in [2.05, 4.69) is 0 Å². The Morgan fingerprint density at radius 2 is 1.75 bits per heavy atom. The predicted octanol–water partition coefficient (Wildman–Crippen LogP) is 5.31. The molecule has 3 aromatic carbocycles. The highest BCUT2D eigenvalue weighted by molar-refractivity contribution is 5.97. The molecule has 0 spiro atoms. The first-order chi connectivity index (χ1) is 19.2. The van der Waals surface area contributed by atoms with Crippen LogP contribution in [0.4, 0.5) is 10.1 Å². The van der Waals surface area contributed by atoms with Gasteiger partial charge in [-0.3, -0.25) is 24.5 Å². The number of nitro benzene ring substituents is 1. The molecule has 4 rings (SSSR count). The van der Waals surface area contributed by atoms with Crippen molar-refractivity contribution < 1.29 is 23.3 Å². The smallest absolute Gasteiger partial charge is 0.270 e. The second kappa shape index (κ2) is 12.3. The number of carbonyl (C=O) groups excluding carboxylic acids is 2. The predicted molar refractivity (Wildman–Crippen MR) is 147 cm³/mol. The first kappa shape index (κ1) is 28.2. The van der Waals surface area contributed by atoms with Crippen LogP contribution >= 0.6 is 0 Å². The third-order valence-corrected chi connectivity index (χ3v) is 6.75. The molecule has 2 amide bonds. The van der Waals surface area contributed by atoms with Crippen molar-refractivity contribution in [2.75, 3.05) is 6.54 Å². The Labute approximate surface area is 229 Å². The van der Waals surface area contributed by atoms with Crippen LogP contribution in [-0.2, 0) is 17.9 Å². The van der Waals surface area contributed by atoms with Gasteiger partial charge in [-0.05, 0) is 49.2 Å². The minimum Gasteiger partial charge on any atom is -0.464 e. The number of amides is 2. The Balaban J connectivity index is 1.66. The SMILES string of the molecule is CCC(C)N(CC(=O)N(Cc1ccc(F)cc1)Cc1coc2ccccc2c1=O)C(=O)c1cccc([N+](=O)[O-])c1. The van der Waals surface area contributed by atoms with E-state index < -0.39 is 22.6 Å². The average Bonchev–Trinajstić information content (AvgIpc) is 2.97. The molecule has 0 bridgehead atoms. The van der Waals surface area contributed by atoms with E-state index in [1.54, 1.807) is 43.3 Å². The van der Waals surface area contributed by atoms with Crippen LogP contribution in [0.5, 0.6) is 0 Å². The first-order valence-corrected chi connectivity index (χ1v) is 12.7. The molecule has 1 aromatic heterocycles. The number of carbonyl (C=O) groups is 2. The Kier molecular flexibility index (Phi) is 8.68. The first-order valence-electron chi connectivity index (χ1n) is 12.7. The fraction of sp³-hybridized carbons (Fsp3) is 0.233. The minimum atomic E-state index is -0.588. The number of halogens is 1. The molecule has 0 saturated heterocycles. The Morgan fingerprint density at radius 1 is 1.02 bits per heavy atom. The summed E-state index contributed by atoms with van der Waals surface area (Å²) >= 11 is 0. The number of non-ortho nitro benzene ring substituents is 1. The van der Waals surface area contributed by atoms with Crippen molar-refractivity contribution in [1.29, 1.82) is 0 Å². The molecule has 40 heavy (non-hydrogen) atoms. The van der Waals surface area contributed by atoms with Gasteiger partial charge >= 0.3 is 0 Å². The Hall–Kier alpha value is -4.86. The van der Waals surface area contributed by atoms with E-state index >= 15 is 0 Å². The van der Waals surface area contributed by atoms with Gasteiger partial charge in [0.2, 0.25) is 5.91 Å². The molecule has 0 aliphatic rings. The van der Waals surface area contributed by atoms with Crippen molar-refractivity contribution >= 4 is 28.5 Å². The highest BCUT2D eigenvalue weighted by Crippen LogP contribution is 2.19. The van der Waals surface area contributed by atoms with E-state index in [1.165, 1.54) is 52.5 Å². The molecule has 1 heterocycles. The van der Waals surface area contributed by atoms with Crippen LogP contribution in [0, 0.1) is 15.9 Å². The zero-order valence-corrected chi connectivity index (χ0v) is 22.1. The summed E-state index contributed by atoms with van der Waals surface area (Å²) in [5, 5.41) is 11.6. The summed E-state index contributed by atoms with van der Waals surface area (Å²) in [6.07, 6.45) is 1.84. The fourth-order valence-electron chi connectivity index (χ4n) is 4.29. The molecule has 0 saturated carbocycles. The second-order valence-electron chi connectivity index (χ2n) is 9.46. The van der Waals surface area contributed by atoms with Gasteiger partial charge in [-0.1, -0.05) is 37.3 Å². The fourth-order valence-corrected chi connectivity index (χ4v) is 4.29. The summed E-state index contributed by atoms with van der Waals surface area (Å²) in [6, 6.07) is 17.4. The highest BCUT2D eigenvalue weighted by Gasteiger charge is 2.27. The van der Waals surface area contributed by atoms with E-state index in [-0.39, 0.29) is 47.9 Å². The zero-order chi connectivity index (χ0) is 28.8. The van der Waals surface area contributed by atoms with Gasteiger partial charge in [0.25, 0.3) is 11.6 Å². The lowest BCUT2D eigenvalue weighted by Crippen LogP contribution is -2.46. The number of para-hydroxylation sites is 1. The Morgan fingerprint density at radius 3 is 2.45 bits per heavy atom. The van der Waals surface area contributed by atoms with Gasteiger partial charge in [0.15, 0.2) is 5.43 Å². The summed E-state index contributed by atoms with van der Waals surface area (Å²) in [5.41, 5.74) is 0.850. The van der Waals surface area contributed by atoms with Gasteiger partial charge in [0, 0.05) is 30.3 Å². The van der Waals surface area contributed by atoms with Crippen LogP contribution in [0.1, 0.15) is 41.8 Å². The van der Waals surface area contributed by atoms with Gasteiger partial charge < -0.3 is 14.2 Å². The van der Waals surface area contributed by atoms with E-state index in [9.17, 15) is 28.9 Å². The minimum absolute atomic E-state index is 0.0464. The van der Waals surface area contributed by atoms with Gasteiger partial charge in [0.1, 0.15) is 17.9 Å². The molecule has 0 N–H and O–H groups in total. The molecule has 0 aliphatic heterocycles. The summed E-state index contributed by atoms with van der Waals surface area (Å²) < 4.78 is 19.2. The third-order valence-electron chi connectivity index (χ3n) is 6.75. The summed E-state index contributed by atoms with van der Waals surface area (Å²) in [5.74, 6) is -1.42. The number of hydrogen-bond donors (Lipinski definition) is 0. The third kappa shape index (κ3) is 6.40. The largest absolute Gasteiger partial charge is 0.464 e. The van der Waals surface area contributed by atoms with E-state index in [0.29, 0.717) is 23.0 Å². The number of hydrogen-bond acceptors (Lipinski definition) is 6. The molecule has 0 fully saturated rings. The number of rotatable bonds is 10. The van der Waals surface area contributed by atoms with E-state index in [4.69, 9.17) is 4.42 Å². The zero-order valence-electron chi connectivity index (χ0n) is 22.1. The van der Waals surface area contributed by atoms with Gasteiger partial charge in [-0.2, -0.15) is 0 Å². The maximum atomic E-state index is 13.8. The van der Waals surface area contributed by atoms with Crippen LogP contribution in [0.15, 0.2) is 88.3 Å². The summed E-state index contributed by atoms with van der Waals surface area (Å²) in [6.45, 7) is 3.24. The molecular weight excluding hydrogens is 517 g/mol. The van der Waals surface area contributed by atoms with Gasteiger partial charge in [-0.15, -0.1) is 0 Å². The molecule has 206 valence electrons. The van der Waals surface area contributed by atoms with E-state index in [1.807, 2.05) is 6.92 Å². The number of nitrogens with zero attached hydrogens (tertiary/aromatic N) is 3. The monoisotopic (exact) mass is 545 g/mol. The topological polar surface area (TPSA) is 114 Å². The van der Waals surface area contributed by atoms with Crippen LogP contribution in [-0.4, -0.2) is 39.1 Å². The molecule has 0 aliphatic carbocycles. The average molecular weight is 546 g/mol. The lowest BCUT2D eigenvalue weighted by Gasteiger charge is -2.31. The molecule has 0 radical (unpaired) electrons. The normalized spacial score (nSPS) is 11.7. The van der Waals surface area contributed by atoms with Crippen molar-refractivity contribution in [2.45, 2.75) is 39.4 Å². The van der Waals surface area contributed by atoms with Crippen molar-refractivity contribution in [2.24, 2.45) is 0 Å². The number of benzene rings is 3. The highest BCUT2D eigenvalue weighted by atomic mass is 19.1. The van der Waals surface area contributed by atoms with Crippen molar-refractivity contribution in [3.05, 3.63) is 122 Å². The van der Waals surface area contributed by atoms with Crippen molar-refractivity contribution in [3.63, 3.8) is 0 Å². The van der Waals surface area contributed by atoms with Crippen molar-refractivity contribution in [1.82, 2.24) is 9.80 Å².